The summed E-state index contributed by atoms with van der Waals surface area (Å²) in [6.45, 7) is 2.31. The third-order valence-electron chi connectivity index (χ3n) is 4.32. The van der Waals surface area contributed by atoms with E-state index in [1.165, 1.54) is 62.5 Å². The van der Waals surface area contributed by atoms with Crippen molar-refractivity contribution in [1.82, 2.24) is 20.1 Å². The van der Waals surface area contributed by atoms with Crippen molar-refractivity contribution in [2.45, 2.75) is 67.3 Å². The third-order valence-corrected chi connectivity index (χ3v) is 5.54. The molecule has 1 aromatic rings. The molecule has 4 rings (SSSR count). The molecule has 0 amide bonds. The van der Waals surface area contributed by atoms with E-state index in [1.54, 1.807) is 0 Å². The molecule has 1 atom stereocenters. The minimum Gasteiger partial charge on any atom is -0.316 e. The minimum atomic E-state index is 0.677. The van der Waals surface area contributed by atoms with E-state index in [0.29, 0.717) is 11.3 Å². The van der Waals surface area contributed by atoms with Crippen LogP contribution in [0.5, 0.6) is 0 Å². The Morgan fingerprint density at radius 1 is 1.05 bits per heavy atom. The molecule has 1 aromatic heterocycles. The van der Waals surface area contributed by atoms with Crippen molar-refractivity contribution in [1.29, 1.82) is 0 Å². The first-order valence-corrected chi connectivity index (χ1v) is 8.62. The fourth-order valence-corrected chi connectivity index (χ4v) is 4.13. The highest BCUT2D eigenvalue weighted by Gasteiger charge is 2.36. The molecule has 4 nitrogen and oxygen atoms in total. The van der Waals surface area contributed by atoms with E-state index in [9.17, 15) is 0 Å². The van der Waals surface area contributed by atoms with Gasteiger partial charge in [0, 0.05) is 23.8 Å². The molecule has 2 saturated carbocycles. The molecule has 1 unspecified atom stereocenters. The van der Waals surface area contributed by atoms with Crippen LogP contribution in [0.15, 0.2) is 5.16 Å². The van der Waals surface area contributed by atoms with E-state index in [4.69, 9.17) is 0 Å². The third kappa shape index (κ3) is 2.68. The van der Waals surface area contributed by atoms with Crippen molar-refractivity contribution in [3.05, 3.63) is 5.82 Å². The van der Waals surface area contributed by atoms with Gasteiger partial charge in [0.1, 0.15) is 5.82 Å². The summed E-state index contributed by atoms with van der Waals surface area (Å²) < 4.78 is 2.48. The number of hydrogen-bond donors (Lipinski definition) is 1. The van der Waals surface area contributed by atoms with Crippen LogP contribution in [-0.4, -0.2) is 33.1 Å². The largest absolute Gasteiger partial charge is 0.316 e. The van der Waals surface area contributed by atoms with Crippen molar-refractivity contribution < 1.29 is 0 Å². The maximum atomic E-state index is 4.51. The molecular weight excluding hydrogens is 256 g/mol. The Kier molecular flexibility index (Phi) is 3.27. The van der Waals surface area contributed by atoms with Crippen LogP contribution in [0.2, 0.25) is 0 Å². The second kappa shape index (κ2) is 5.09. The van der Waals surface area contributed by atoms with Gasteiger partial charge in [0.25, 0.3) is 0 Å². The molecule has 104 valence electrons. The Hall–Kier alpha value is -0.550. The van der Waals surface area contributed by atoms with E-state index in [0.717, 1.165) is 12.5 Å². The average molecular weight is 278 g/mol. The summed E-state index contributed by atoms with van der Waals surface area (Å²) in [5.74, 6) is 2.00. The van der Waals surface area contributed by atoms with Gasteiger partial charge in [0.2, 0.25) is 0 Å². The first-order valence-electron chi connectivity index (χ1n) is 7.74. The number of nitrogens with zero attached hydrogens (tertiary/aromatic N) is 3. The van der Waals surface area contributed by atoms with Crippen molar-refractivity contribution in [3.63, 3.8) is 0 Å². The van der Waals surface area contributed by atoms with Crippen LogP contribution in [0, 0.1) is 0 Å². The van der Waals surface area contributed by atoms with E-state index >= 15 is 0 Å². The van der Waals surface area contributed by atoms with Gasteiger partial charge >= 0.3 is 0 Å². The molecule has 2 heterocycles. The second-order valence-electron chi connectivity index (χ2n) is 6.16. The molecule has 5 heteroatoms. The van der Waals surface area contributed by atoms with Crippen LogP contribution in [-0.2, 0) is 0 Å². The van der Waals surface area contributed by atoms with Gasteiger partial charge in [-0.25, -0.2) is 0 Å². The normalized spacial score (nSPS) is 28.3. The highest BCUT2D eigenvalue weighted by Crippen LogP contribution is 2.46. The Labute approximate surface area is 118 Å². The molecule has 3 fully saturated rings. The Bertz CT molecular complexity index is 442. The fourth-order valence-electron chi connectivity index (χ4n) is 2.90. The van der Waals surface area contributed by atoms with Gasteiger partial charge in [-0.05, 0) is 45.1 Å². The topological polar surface area (TPSA) is 42.7 Å². The summed E-state index contributed by atoms with van der Waals surface area (Å²) in [5, 5.41) is 14.4. The zero-order chi connectivity index (χ0) is 12.7. The van der Waals surface area contributed by atoms with Crippen LogP contribution in [0.1, 0.15) is 62.7 Å². The van der Waals surface area contributed by atoms with Gasteiger partial charge < -0.3 is 9.88 Å². The predicted octanol–water partition coefficient (Wildman–Crippen LogP) is 2.72. The summed E-state index contributed by atoms with van der Waals surface area (Å²) in [7, 11) is 0. The first kappa shape index (κ1) is 12.2. The second-order valence-corrected chi connectivity index (χ2v) is 7.42. The van der Waals surface area contributed by atoms with Crippen molar-refractivity contribution in [2.24, 2.45) is 0 Å². The molecule has 19 heavy (non-hydrogen) atoms. The summed E-state index contributed by atoms with van der Waals surface area (Å²) in [5.41, 5.74) is 0. The summed E-state index contributed by atoms with van der Waals surface area (Å²) in [6, 6.07) is 0.715. The van der Waals surface area contributed by atoms with Gasteiger partial charge in [-0.1, -0.05) is 18.2 Å². The molecule has 0 aromatic carbocycles. The fraction of sp³-hybridized carbons (Fsp3) is 0.857. The maximum Gasteiger partial charge on any atom is 0.191 e. The molecule has 1 saturated heterocycles. The quantitative estimate of drug-likeness (QED) is 0.919. The molecule has 0 spiro atoms. The molecular formula is C14H22N4S. The highest BCUT2D eigenvalue weighted by molar-refractivity contribution is 7.99. The van der Waals surface area contributed by atoms with E-state index < -0.39 is 0 Å². The number of thioether (sulfide) groups is 1. The maximum absolute atomic E-state index is 4.51. The minimum absolute atomic E-state index is 0.677. The monoisotopic (exact) mass is 278 g/mol. The summed E-state index contributed by atoms with van der Waals surface area (Å²) in [4.78, 5) is 0. The van der Waals surface area contributed by atoms with Crippen LogP contribution in [0.4, 0.5) is 0 Å². The van der Waals surface area contributed by atoms with Gasteiger partial charge in [-0.15, -0.1) is 10.2 Å². The summed E-state index contributed by atoms with van der Waals surface area (Å²) in [6.07, 6.45) is 9.27. The zero-order valence-electron chi connectivity index (χ0n) is 11.3. The number of hydrogen-bond acceptors (Lipinski definition) is 4. The summed E-state index contributed by atoms with van der Waals surface area (Å²) >= 11 is 1.97. The van der Waals surface area contributed by atoms with Gasteiger partial charge in [-0.3, -0.25) is 0 Å². The van der Waals surface area contributed by atoms with Gasteiger partial charge in [-0.2, -0.15) is 0 Å². The van der Waals surface area contributed by atoms with Crippen molar-refractivity contribution in [2.75, 3.05) is 13.1 Å². The predicted molar refractivity (Wildman–Crippen MR) is 76.6 cm³/mol. The SMILES string of the molecule is C1CCC(Sc2nnc(C3CC3)n2C2CC2)CNC1. The Balaban J connectivity index is 1.53. The van der Waals surface area contributed by atoms with Crippen LogP contribution < -0.4 is 5.32 Å². The molecule has 0 radical (unpaired) electrons. The van der Waals surface area contributed by atoms with E-state index in [-0.39, 0.29) is 0 Å². The number of rotatable bonds is 4. The Morgan fingerprint density at radius 2 is 1.95 bits per heavy atom. The van der Waals surface area contributed by atoms with Crippen LogP contribution >= 0.6 is 11.8 Å². The molecule has 1 N–H and O–H groups in total. The lowest BCUT2D eigenvalue weighted by atomic mass is 10.2. The first-order chi connectivity index (χ1) is 9.42. The molecule has 2 aliphatic carbocycles. The van der Waals surface area contributed by atoms with Gasteiger partial charge in [0.05, 0.1) is 0 Å². The molecule has 3 aliphatic rings. The molecule has 1 aliphatic heterocycles. The highest BCUT2D eigenvalue weighted by atomic mass is 32.2. The Morgan fingerprint density at radius 3 is 2.74 bits per heavy atom. The van der Waals surface area contributed by atoms with Crippen LogP contribution in [0.3, 0.4) is 0 Å². The van der Waals surface area contributed by atoms with Crippen LogP contribution in [0.25, 0.3) is 0 Å². The number of nitrogens with one attached hydrogen (secondary N) is 1. The van der Waals surface area contributed by atoms with E-state index in [2.05, 4.69) is 20.1 Å². The average Bonchev–Trinajstić information content (AvgIpc) is 3.28. The lowest BCUT2D eigenvalue weighted by Crippen LogP contribution is -2.22. The zero-order valence-corrected chi connectivity index (χ0v) is 12.2. The lowest BCUT2D eigenvalue weighted by Gasteiger charge is -2.14. The number of aromatic nitrogens is 3. The smallest absolute Gasteiger partial charge is 0.191 e. The van der Waals surface area contributed by atoms with Crippen molar-refractivity contribution >= 4 is 11.8 Å². The van der Waals surface area contributed by atoms with E-state index in [1.807, 2.05) is 11.8 Å². The molecule has 0 bridgehead atoms. The van der Waals surface area contributed by atoms with Crippen molar-refractivity contribution in [3.8, 4) is 0 Å². The standard InChI is InChI=1S/C14H22N4S/c1-2-8-15-9-12(3-1)19-14-17-16-13(10-4-5-10)18(14)11-6-7-11/h10-12,15H,1-9H2. The van der Waals surface area contributed by atoms with Gasteiger partial charge in [0.15, 0.2) is 5.16 Å². The lowest BCUT2D eigenvalue weighted by molar-refractivity contribution is 0.622.